The second-order valence-electron chi connectivity index (χ2n) is 7.40. The summed E-state index contributed by atoms with van der Waals surface area (Å²) >= 11 is 0. The Kier molecular flexibility index (Phi) is 5.24. The second kappa shape index (κ2) is 8.35. The van der Waals surface area contributed by atoms with Crippen molar-refractivity contribution in [3.8, 4) is 17.2 Å². The molecule has 2 aromatic rings. The Hall–Kier alpha value is -3.85. The van der Waals surface area contributed by atoms with Gasteiger partial charge in [0.2, 0.25) is 12.6 Å². The van der Waals surface area contributed by atoms with Crippen LogP contribution in [0.15, 0.2) is 48.2 Å². The van der Waals surface area contributed by atoms with E-state index in [1.54, 1.807) is 41.3 Å². The molecule has 1 N–H and O–H groups in total. The highest BCUT2D eigenvalue weighted by Crippen LogP contribution is 2.35. The number of nitrogens with zero attached hydrogens (tertiary/aromatic N) is 1. The molecule has 5 rings (SSSR count). The van der Waals surface area contributed by atoms with E-state index in [1.165, 1.54) is 6.08 Å². The zero-order chi connectivity index (χ0) is 22.1. The molecule has 0 aromatic heterocycles. The maximum absolute atomic E-state index is 13.1. The van der Waals surface area contributed by atoms with Crippen LogP contribution in [0.25, 0.3) is 0 Å². The van der Waals surface area contributed by atoms with Gasteiger partial charge in [0, 0.05) is 36.5 Å². The summed E-state index contributed by atoms with van der Waals surface area (Å²) in [5, 5.41) is 2.99. The average molecular weight is 436 g/mol. The van der Waals surface area contributed by atoms with Crippen LogP contribution < -0.4 is 19.5 Å². The Morgan fingerprint density at radius 3 is 2.72 bits per heavy atom. The predicted octanol–water partition coefficient (Wildman–Crippen LogP) is 2.03. The van der Waals surface area contributed by atoms with Gasteiger partial charge >= 0.3 is 0 Å². The van der Waals surface area contributed by atoms with Gasteiger partial charge in [-0.1, -0.05) is 6.07 Å². The van der Waals surface area contributed by atoms with Crippen molar-refractivity contribution >= 4 is 23.2 Å². The van der Waals surface area contributed by atoms with Crippen molar-refractivity contribution in [2.24, 2.45) is 0 Å². The van der Waals surface area contributed by atoms with Gasteiger partial charge in [-0.15, -0.1) is 0 Å². The van der Waals surface area contributed by atoms with E-state index in [-0.39, 0.29) is 53.4 Å². The van der Waals surface area contributed by atoms with Gasteiger partial charge in [0.15, 0.2) is 23.9 Å². The van der Waals surface area contributed by atoms with Gasteiger partial charge in [-0.2, -0.15) is 0 Å². The number of ketones is 2. The summed E-state index contributed by atoms with van der Waals surface area (Å²) < 4.78 is 21.5. The van der Waals surface area contributed by atoms with Gasteiger partial charge in [0.25, 0.3) is 5.91 Å². The third-order valence-electron chi connectivity index (χ3n) is 5.40. The van der Waals surface area contributed by atoms with Crippen LogP contribution in [0.5, 0.6) is 17.2 Å². The highest BCUT2D eigenvalue weighted by atomic mass is 16.7. The second-order valence-corrected chi connectivity index (χ2v) is 7.40. The van der Waals surface area contributed by atoms with Crippen LogP contribution in [0.4, 0.5) is 5.69 Å². The van der Waals surface area contributed by atoms with Gasteiger partial charge in [0.1, 0.15) is 5.75 Å². The standard InChI is InChI=1S/C23H20N2O7/c26-17-11-16(24-14-4-5-18-20(10-14)32-13-31-18)23(28)15-2-1-3-19(22(15)17)30-12-21(27)25-6-8-29-9-7-25/h1-5,10-11,24H,6-9,12-13H2. The number of benzene rings is 2. The first kappa shape index (κ1) is 20.1. The average Bonchev–Trinajstić information content (AvgIpc) is 3.29. The van der Waals surface area contributed by atoms with Crippen molar-refractivity contribution in [3.63, 3.8) is 0 Å². The number of Topliss-reactive ketones (excluding diaryl/α,β-unsaturated/α-hetero) is 1. The van der Waals surface area contributed by atoms with E-state index in [9.17, 15) is 14.4 Å². The van der Waals surface area contributed by atoms with E-state index >= 15 is 0 Å². The molecule has 0 unspecified atom stereocenters. The van der Waals surface area contributed by atoms with Crippen LogP contribution in [0, 0.1) is 0 Å². The zero-order valence-electron chi connectivity index (χ0n) is 17.1. The molecule has 0 bridgehead atoms. The molecule has 1 fully saturated rings. The minimum absolute atomic E-state index is 0.142. The van der Waals surface area contributed by atoms with Crippen LogP contribution >= 0.6 is 0 Å². The molecule has 32 heavy (non-hydrogen) atoms. The van der Waals surface area contributed by atoms with Gasteiger partial charge < -0.3 is 29.2 Å². The molecule has 2 aromatic carbocycles. The smallest absolute Gasteiger partial charge is 0.260 e. The van der Waals surface area contributed by atoms with Crippen LogP contribution in [0.3, 0.4) is 0 Å². The third kappa shape index (κ3) is 3.78. The molecule has 2 aliphatic heterocycles. The fraction of sp³-hybridized carbons (Fsp3) is 0.261. The number of allylic oxidation sites excluding steroid dienone is 2. The Balaban J connectivity index is 1.33. The number of rotatable bonds is 5. The zero-order valence-corrected chi connectivity index (χ0v) is 17.1. The number of nitrogens with one attached hydrogen (secondary N) is 1. The van der Waals surface area contributed by atoms with E-state index in [2.05, 4.69) is 5.32 Å². The molecule has 3 aliphatic rings. The van der Waals surface area contributed by atoms with Crippen molar-refractivity contribution in [3.05, 3.63) is 59.3 Å². The monoisotopic (exact) mass is 436 g/mol. The summed E-state index contributed by atoms with van der Waals surface area (Å²) in [5.74, 6) is 0.474. The van der Waals surface area contributed by atoms with Gasteiger partial charge in [-0.05, 0) is 24.3 Å². The summed E-state index contributed by atoms with van der Waals surface area (Å²) in [5.41, 5.74) is 1.11. The maximum atomic E-state index is 13.1. The van der Waals surface area contributed by atoms with Gasteiger partial charge in [0.05, 0.1) is 24.5 Å². The lowest BCUT2D eigenvalue weighted by Gasteiger charge is -2.27. The molecule has 0 spiro atoms. The fourth-order valence-electron chi connectivity index (χ4n) is 3.77. The fourth-order valence-corrected chi connectivity index (χ4v) is 3.77. The van der Waals surface area contributed by atoms with Crippen molar-refractivity contribution < 1.29 is 33.3 Å². The van der Waals surface area contributed by atoms with Gasteiger partial charge in [-0.25, -0.2) is 0 Å². The first-order chi connectivity index (χ1) is 15.6. The Labute approximate surface area is 183 Å². The summed E-state index contributed by atoms with van der Waals surface area (Å²) in [6.45, 7) is 1.91. The summed E-state index contributed by atoms with van der Waals surface area (Å²) in [6.07, 6.45) is 1.24. The number of carbonyl (C=O) groups excluding carboxylic acids is 3. The lowest BCUT2D eigenvalue weighted by Crippen LogP contribution is -2.43. The highest BCUT2D eigenvalue weighted by molar-refractivity contribution is 6.26. The molecule has 2 heterocycles. The molecular weight excluding hydrogens is 416 g/mol. The van der Waals surface area contributed by atoms with Crippen molar-refractivity contribution in [1.29, 1.82) is 0 Å². The molecule has 9 nitrogen and oxygen atoms in total. The quantitative estimate of drug-likeness (QED) is 0.760. The number of carbonyl (C=O) groups is 3. The Morgan fingerprint density at radius 1 is 1.06 bits per heavy atom. The molecule has 1 saturated heterocycles. The first-order valence-corrected chi connectivity index (χ1v) is 10.2. The summed E-state index contributed by atoms with van der Waals surface area (Å²) in [6, 6.07) is 9.95. The van der Waals surface area contributed by atoms with E-state index in [0.717, 1.165) is 0 Å². The predicted molar refractivity (Wildman–Crippen MR) is 112 cm³/mol. The van der Waals surface area contributed by atoms with E-state index < -0.39 is 0 Å². The normalized spacial score (nSPS) is 17.0. The van der Waals surface area contributed by atoms with E-state index in [4.69, 9.17) is 18.9 Å². The van der Waals surface area contributed by atoms with E-state index in [0.29, 0.717) is 43.5 Å². The van der Waals surface area contributed by atoms with Crippen molar-refractivity contribution in [2.45, 2.75) is 0 Å². The maximum Gasteiger partial charge on any atom is 0.260 e. The number of anilines is 1. The van der Waals surface area contributed by atoms with Crippen LogP contribution in [-0.2, 0) is 9.53 Å². The van der Waals surface area contributed by atoms with Gasteiger partial charge in [-0.3, -0.25) is 14.4 Å². The molecular formula is C23H20N2O7. The number of morpholine rings is 1. The molecule has 0 saturated carbocycles. The first-order valence-electron chi connectivity index (χ1n) is 10.2. The third-order valence-corrected chi connectivity index (χ3v) is 5.40. The largest absolute Gasteiger partial charge is 0.483 e. The summed E-state index contributed by atoms with van der Waals surface area (Å²) in [7, 11) is 0. The number of hydrogen-bond acceptors (Lipinski definition) is 8. The highest BCUT2D eigenvalue weighted by Gasteiger charge is 2.29. The number of amides is 1. The molecule has 0 radical (unpaired) electrons. The molecule has 9 heteroatoms. The minimum atomic E-state index is -0.378. The lowest BCUT2D eigenvalue weighted by molar-refractivity contribution is -0.137. The van der Waals surface area contributed by atoms with Crippen LogP contribution in [-0.4, -0.2) is 62.1 Å². The Morgan fingerprint density at radius 2 is 1.88 bits per heavy atom. The number of fused-ring (bicyclic) bond motifs is 2. The number of hydrogen-bond donors (Lipinski definition) is 1. The lowest BCUT2D eigenvalue weighted by atomic mass is 9.91. The van der Waals surface area contributed by atoms with E-state index in [1.807, 2.05) is 0 Å². The van der Waals surface area contributed by atoms with Crippen LogP contribution in [0.1, 0.15) is 20.7 Å². The topological polar surface area (TPSA) is 103 Å². The minimum Gasteiger partial charge on any atom is -0.483 e. The number of ether oxygens (including phenoxy) is 4. The van der Waals surface area contributed by atoms with Crippen LogP contribution in [0.2, 0.25) is 0 Å². The van der Waals surface area contributed by atoms with Crippen molar-refractivity contribution in [2.75, 3.05) is 45.0 Å². The molecule has 164 valence electrons. The molecule has 1 amide bonds. The van der Waals surface area contributed by atoms with Crippen molar-refractivity contribution in [1.82, 2.24) is 4.90 Å². The Bertz CT molecular complexity index is 1140. The molecule has 1 aliphatic carbocycles. The summed E-state index contributed by atoms with van der Waals surface area (Å²) in [4.78, 5) is 40.0. The molecule has 0 atom stereocenters. The SMILES string of the molecule is O=C1C(Nc2ccc3c(c2)OCO3)=CC(=O)c2c(OCC(=O)N3CCOCC3)cccc21.